The summed E-state index contributed by atoms with van der Waals surface area (Å²) in [6.07, 6.45) is 2.00. The van der Waals surface area contributed by atoms with Crippen LogP contribution >= 0.6 is 0 Å². The summed E-state index contributed by atoms with van der Waals surface area (Å²) in [7, 11) is 0. The van der Waals surface area contributed by atoms with Gasteiger partial charge in [-0.15, -0.1) is 0 Å². The van der Waals surface area contributed by atoms with E-state index in [-0.39, 0.29) is 11.3 Å². The van der Waals surface area contributed by atoms with Crippen LogP contribution < -0.4 is 0 Å². The first-order valence-electron chi connectivity index (χ1n) is 12.0. The maximum atomic E-state index is 13.1. The average Bonchev–Trinajstić information content (AvgIpc) is 3.27. The van der Waals surface area contributed by atoms with Crippen LogP contribution in [0.5, 0.6) is 0 Å². The molecule has 4 rings (SSSR count). The summed E-state index contributed by atoms with van der Waals surface area (Å²) >= 11 is 0. The Morgan fingerprint density at radius 1 is 1.06 bits per heavy atom. The number of carbonyl (C=O) groups is 1. The molecule has 1 unspecified atom stereocenters. The van der Waals surface area contributed by atoms with Crippen molar-refractivity contribution in [3.8, 4) is 11.4 Å². The molecule has 32 heavy (non-hydrogen) atoms. The van der Waals surface area contributed by atoms with Crippen LogP contribution in [0.25, 0.3) is 11.4 Å². The summed E-state index contributed by atoms with van der Waals surface area (Å²) in [5.41, 5.74) is 2.36. The number of hydrogen-bond donors (Lipinski definition) is 0. The van der Waals surface area contributed by atoms with Gasteiger partial charge in [0, 0.05) is 38.3 Å². The SMILES string of the molecule is CCN1CCN(C(=O)C2CCCN(Cc3nc(-c4ccc(C(C)(C)C)cc4)no3)C2)CC1. The van der Waals surface area contributed by atoms with Gasteiger partial charge < -0.3 is 14.3 Å². The number of amides is 1. The van der Waals surface area contributed by atoms with Gasteiger partial charge >= 0.3 is 0 Å². The van der Waals surface area contributed by atoms with E-state index in [1.54, 1.807) is 0 Å². The average molecular weight is 440 g/mol. The highest BCUT2D eigenvalue weighted by Gasteiger charge is 2.31. The molecule has 0 radical (unpaired) electrons. The van der Waals surface area contributed by atoms with Gasteiger partial charge in [-0.2, -0.15) is 4.98 Å². The van der Waals surface area contributed by atoms with Crippen molar-refractivity contribution in [1.29, 1.82) is 0 Å². The fourth-order valence-corrected chi connectivity index (χ4v) is 4.69. The number of likely N-dealkylation sites (tertiary alicyclic amines) is 1. The van der Waals surface area contributed by atoms with Gasteiger partial charge in [0.05, 0.1) is 12.5 Å². The summed E-state index contributed by atoms with van der Waals surface area (Å²) in [6.45, 7) is 15.9. The Hall–Kier alpha value is -2.25. The zero-order valence-electron chi connectivity index (χ0n) is 20.0. The molecule has 2 saturated heterocycles. The molecule has 3 heterocycles. The minimum atomic E-state index is 0.0734. The van der Waals surface area contributed by atoms with E-state index in [1.165, 1.54) is 5.56 Å². The minimum Gasteiger partial charge on any atom is -0.340 e. The van der Waals surface area contributed by atoms with E-state index in [0.29, 0.717) is 24.2 Å². The summed E-state index contributed by atoms with van der Waals surface area (Å²) < 4.78 is 5.55. The molecule has 1 amide bonds. The van der Waals surface area contributed by atoms with Crippen molar-refractivity contribution in [3.63, 3.8) is 0 Å². The molecule has 174 valence electrons. The van der Waals surface area contributed by atoms with E-state index < -0.39 is 0 Å². The summed E-state index contributed by atoms with van der Waals surface area (Å²) in [5, 5.41) is 4.19. The van der Waals surface area contributed by atoms with Crippen LogP contribution in [0.3, 0.4) is 0 Å². The van der Waals surface area contributed by atoms with Gasteiger partial charge in [0.2, 0.25) is 17.6 Å². The first-order chi connectivity index (χ1) is 15.3. The second-order valence-electron chi connectivity index (χ2n) is 10.2. The number of hydrogen-bond acceptors (Lipinski definition) is 6. The van der Waals surface area contributed by atoms with Crippen molar-refractivity contribution in [2.24, 2.45) is 5.92 Å². The van der Waals surface area contributed by atoms with Gasteiger partial charge in [0.25, 0.3) is 0 Å². The number of carbonyl (C=O) groups excluding carboxylic acids is 1. The fourth-order valence-electron chi connectivity index (χ4n) is 4.69. The lowest BCUT2D eigenvalue weighted by Crippen LogP contribution is -2.52. The van der Waals surface area contributed by atoms with Crippen LogP contribution in [0, 0.1) is 5.92 Å². The molecule has 1 atom stereocenters. The van der Waals surface area contributed by atoms with Gasteiger partial charge in [-0.1, -0.05) is 57.1 Å². The Bertz CT molecular complexity index is 894. The molecule has 2 aromatic rings. The Kier molecular flexibility index (Phi) is 6.96. The lowest BCUT2D eigenvalue weighted by molar-refractivity contribution is -0.139. The number of aromatic nitrogens is 2. The number of benzene rings is 1. The number of piperazine rings is 1. The smallest absolute Gasteiger partial charge is 0.241 e. The molecule has 0 spiro atoms. The number of rotatable bonds is 5. The molecular formula is C25H37N5O2. The normalized spacial score (nSPS) is 21.1. The van der Waals surface area contributed by atoms with Crippen molar-refractivity contribution < 1.29 is 9.32 Å². The molecule has 0 aliphatic carbocycles. The lowest BCUT2D eigenvalue weighted by Gasteiger charge is -2.38. The van der Waals surface area contributed by atoms with E-state index in [2.05, 4.69) is 76.8 Å². The lowest BCUT2D eigenvalue weighted by atomic mass is 9.87. The highest BCUT2D eigenvalue weighted by atomic mass is 16.5. The van der Waals surface area contributed by atoms with Crippen LogP contribution in [-0.2, 0) is 16.8 Å². The molecule has 1 aromatic carbocycles. The Morgan fingerprint density at radius 3 is 2.44 bits per heavy atom. The highest BCUT2D eigenvalue weighted by molar-refractivity contribution is 5.79. The van der Waals surface area contributed by atoms with Gasteiger partial charge in [0.1, 0.15) is 0 Å². The molecule has 2 aliphatic rings. The van der Waals surface area contributed by atoms with Crippen molar-refractivity contribution in [2.75, 3.05) is 45.8 Å². The molecule has 2 fully saturated rings. The van der Waals surface area contributed by atoms with Crippen LogP contribution in [0.4, 0.5) is 0 Å². The van der Waals surface area contributed by atoms with E-state index >= 15 is 0 Å². The van der Waals surface area contributed by atoms with Gasteiger partial charge in [-0.25, -0.2) is 0 Å². The van der Waals surface area contributed by atoms with Gasteiger partial charge in [-0.05, 0) is 36.9 Å². The molecular weight excluding hydrogens is 402 g/mol. The largest absolute Gasteiger partial charge is 0.340 e. The van der Waals surface area contributed by atoms with Crippen molar-refractivity contribution >= 4 is 5.91 Å². The summed E-state index contributed by atoms with van der Waals surface area (Å²) in [5.74, 6) is 1.63. The summed E-state index contributed by atoms with van der Waals surface area (Å²) in [4.78, 5) is 24.4. The van der Waals surface area contributed by atoms with Crippen molar-refractivity contribution in [1.82, 2.24) is 24.8 Å². The third-order valence-corrected chi connectivity index (χ3v) is 6.82. The van der Waals surface area contributed by atoms with Gasteiger partial charge in [0.15, 0.2) is 0 Å². The standard InChI is InChI=1S/C25H37N5O2/c1-5-28-13-15-30(16-14-28)24(31)20-7-6-12-29(17-20)18-22-26-23(27-32-22)19-8-10-21(11-9-19)25(2,3)4/h8-11,20H,5-7,12-18H2,1-4H3. The van der Waals surface area contributed by atoms with Gasteiger partial charge in [-0.3, -0.25) is 9.69 Å². The Balaban J connectivity index is 1.34. The predicted molar refractivity (Wildman–Crippen MR) is 125 cm³/mol. The molecule has 0 N–H and O–H groups in total. The van der Waals surface area contributed by atoms with E-state index in [0.717, 1.165) is 64.2 Å². The zero-order valence-corrected chi connectivity index (χ0v) is 20.0. The topological polar surface area (TPSA) is 65.7 Å². The number of nitrogens with zero attached hydrogens (tertiary/aromatic N) is 5. The third-order valence-electron chi connectivity index (χ3n) is 6.82. The van der Waals surface area contributed by atoms with Crippen LogP contribution in [0.15, 0.2) is 28.8 Å². The third kappa shape index (κ3) is 5.38. The second-order valence-corrected chi connectivity index (χ2v) is 10.2. The van der Waals surface area contributed by atoms with Crippen LogP contribution in [-0.4, -0.2) is 76.6 Å². The number of likely N-dealkylation sites (N-methyl/N-ethyl adjacent to an activating group) is 1. The van der Waals surface area contributed by atoms with Crippen LogP contribution in [0.2, 0.25) is 0 Å². The van der Waals surface area contributed by atoms with Crippen LogP contribution in [0.1, 0.15) is 52.0 Å². The van der Waals surface area contributed by atoms with E-state index in [9.17, 15) is 4.79 Å². The maximum Gasteiger partial charge on any atom is 0.241 e. The summed E-state index contributed by atoms with van der Waals surface area (Å²) in [6, 6.07) is 8.38. The van der Waals surface area contributed by atoms with Crippen molar-refractivity contribution in [2.45, 2.75) is 52.5 Å². The molecule has 7 heteroatoms. The molecule has 7 nitrogen and oxygen atoms in total. The highest BCUT2D eigenvalue weighted by Crippen LogP contribution is 2.26. The zero-order chi connectivity index (χ0) is 22.7. The fraction of sp³-hybridized carbons (Fsp3) is 0.640. The molecule has 0 saturated carbocycles. The first-order valence-corrected chi connectivity index (χ1v) is 12.0. The number of piperidine rings is 1. The monoisotopic (exact) mass is 439 g/mol. The Labute approximate surface area is 191 Å². The van der Waals surface area contributed by atoms with Crippen molar-refractivity contribution in [3.05, 3.63) is 35.7 Å². The maximum absolute atomic E-state index is 13.1. The molecule has 1 aromatic heterocycles. The van der Waals surface area contributed by atoms with E-state index in [1.807, 2.05) is 0 Å². The minimum absolute atomic E-state index is 0.0734. The molecule has 2 aliphatic heterocycles. The van der Waals surface area contributed by atoms with E-state index in [4.69, 9.17) is 4.52 Å². The molecule has 0 bridgehead atoms. The quantitative estimate of drug-likeness (QED) is 0.711. The first kappa shape index (κ1) is 22.9. The predicted octanol–water partition coefficient (Wildman–Crippen LogP) is 3.41. The second kappa shape index (κ2) is 9.71. The Morgan fingerprint density at radius 2 is 1.78 bits per heavy atom.